The maximum Gasteiger partial charge on any atom is 0.191 e. The van der Waals surface area contributed by atoms with E-state index in [2.05, 4.69) is 49.4 Å². The van der Waals surface area contributed by atoms with Crippen molar-refractivity contribution in [2.24, 2.45) is 10.9 Å². The van der Waals surface area contributed by atoms with Gasteiger partial charge in [0.05, 0.1) is 6.54 Å². The molecule has 1 unspecified atom stereocenters. The van der Waals surface area contributed by atoms with Gasteiger partial charge < -0.3 is 15.5 Å². The van der Waals surface area contributed by atoms with Crippen molar-refractivity contribution >= 4 is 35.8 Å². The number of pyridine rings is 1. The van der Waals surface area contributed by atoms with Crippen LogP contribution in [0.4, 0.5) is 5.82 Å². The molecule has 138 valence electrons. The first-order valence-electron chi connectivity index (χ1n) is 8.60. The molecule has 5 nitrogen and oxygen atoms in total. The Morgan fingerprint density at radius 2 is 1.96 bits per heavy atom. The van der Waals surface area contributed by atoms with E-state index in [1.54, 1.807) is 0 Å². The van der Waals surface area contributed by atoms with Crippen LogP contribution in [0.3, 0.4) is 0 Å². The van der Waals surface area contributed by atoms with E-state index in [0.29, 0.717) is 12.6 Å². The summed E-state index contributed by atoms with van der Waals surface area (Å²) >= 11 is 0. The molecule has 0 spiro atoms. The predicted molar refractivity (Wildman–Crippen MR) is 115 cm³/mol. The van der Waals surface area contributed by atoms with Crippen LogP contribution in [0.25, 0.3) is 0 Å². The molecule has 0 saturated heterocycles. The molecule has 0 aromatic carbocycles. The van der Waals surface area contributed by atoms with E-state index in [1.165, 1.54) is 6.42 Å². The average Bonchev–Trinajstić information content (AvgIpc) is 2.51. The molecular formula is C18H34IN5. The molecule has 0 fully saturated rings. The van der Waals surface area contributed by atoms with Crippen LogP contribution in [0.5, 0.6) is 0 Å². The number of halogens is 1. The molecule has 2 N–H and O–H groups in total. The van der Waals surface area contributed by atoms with E-state index >= 15 is 0 Å². The molecule has 6 heteroatoms. The number of aromatic nitrogens is 1. The molecule has 0 bridgehead atoms. The van der Waals surface area contributed by atoms with Gasteiger partial charge in [0, 0.05) is 38.4 Å². The Morgan fingerprint density at radius 3 is 2.54 bits per heavy atom. The zero-order chi connectivity index (χ0) is 17.2. The maximum absolute atomic E-state index is 4.72. The fourth-order valence-electron chi connectivity index (χ4n) is 2.33. The number of nitrogens with zero attached hydrogens (tertiary/aromatic N) is 3. The highest BCUT2D eigenvalue weighted by Gasteiger charge is 2.08. The summed E-state index contributed by atoms with van der Waals surface area (Å²) in [5, 5.41) is 6.82. The topological polar surface area (TPSA) is 52.6 Å². The first-order valence-corrected chi connectivity index (χ1v) is 8.60. The van der Waals surface area contributed by atoms with Gasteiger partial charge in [-0.3, -0.25) is 0 Å². The highest BCUT2D eigenvalue weighted by molar-refractivity contribution is 14.0. The summed E-state index contributed by atoms with van der Waals surface area (Å²) in [6, 6.07) is 4.46. The van der Waals surface area contributed by atoms with Crippen molar-refractivity contribution in [3.05, 3.63) is 23.9 Å². The van der Waals surface area contributed by atoms with Crippen molar-refractivity contribution in [2.45, 2.75) is 53.1 Å². The van der Waals surface area contributed by atoms with E-state index in [1.807, 2.05) is 31.3 Å². The van der Waals surface area contributed by atoms with Crippen LogP contribution in [-0.2, 0) is 6.54 Å². The third-order valence-corrected chi connectivity index (χ3v) is 3.60. The number of hydrogen-bond donors (Lipinski definition) is 2. The van der Waals surface area contributed by atoms with Crippen LogP contribution < -0.4 is 15.5 Å². The Balaban J connectivity index is 0.00000529. The van der Waals surface area contributed by atoms with Gasteiger partial charge in [0.15, 0.2) is 5.96 Å². The molecule has 1 rings (SSSR count). The van der Waals surface area contributed by atoms with Crippen molar-refractivity contribution < 1.29 is 0 Å². The minimum absolute atomic E-state index is 0. The normalized spacial score (nSPS) is 12.5. The molecule has 0 aliphatic heterocycles. The summed E-state index contributed by atoms with van der Waals surface area (Å²) in [7, 11) is 4.01. The van der Waals surface area contributed by atoms with E-state index in [4.69, 9.17) is 4.99 Å². The van der Waals surface area contributed by atoms with Crippen molar-refractivity contribution in [1.29, 1.82) is 0 Å². The highest BCUT2D eigenvalue weighted by atomic mass is 127. The molecule has 0 amide bonds. The lowest BCUT2D eigenvalue weighted by atomic mass is 10.0. The molecule has 0 radical (unpaired) electrons. The quantitative estimate of drug-likeness (QED) is 0.363. The van der Waals surface area contributed by atoms with Gasteiger partial charge in [0.2, 0.25) is 0 Å². The lowest BCUT2D eigenvalue weighted by molar-refractivity contribution is 0.489. The Kier molecular flexibility index (Phi) is 11.8. The van der Waals surface area contributed by atoms with Crippen LogP contribution in [0.15, 0.2) is 23.3 Å². The lowest BCUT2D eigenvalue weighted by Gasteiger charge is -2.19. The van der Waals surface area contributed by atoms with Gasteiger partial charge in [-0.2, -0.15) is 0 Å². The summed E-state index contributed by atoms with van der Waals surface area (Å²) in [6.07, 6.45) is 4.19. The predicted octanol–water partition coefficient (Wildman–Crippen LogP) is 3.65. The summed E-state index contributed by atoms with van der Waals surface area (Å²) in [5.74, 6) is 2.58. The van der Waals surface area contributed by atoms with Crippen LogP contribution in [0.1, 0.15) is 46.1 Å². The summed E-state index contributed by atoms with van der Waals surface area (Å²) in [5.41, 5.74) is 1.13. The number of rotatable bonds is 8. The third kappa shape index (κ3) is 8.70. The van der Waals surface area contributed by atoms with Crippen LogP contribution in [0, 0.1) is 5.92 Å². The summed E-state index contributed by atoms with van der Waals surface area (Å²) in [4.78, 5) is 11.2. The molecule has 1 aromatic heterocycles. The van der Waals surface area contributed by atoms with Crippen molar-refractivity contribution in [3.63, 3.8) is 0 Å². The number of anilines is 1. The molecule has 0 aliphatic rings. The number of nitrogens with one attached hydrogen (secondary N) is 2. The van der Waals surface area contributed by atoms with Gasteiger partial charge in [-0.1, -0.05) is 19.9 Å². The molecule has 24 heavy (non-hydrogen) atoms. The fraction of sp³-hybridized carbons (Fsp3) is 0.667. The average molecular weight is 447 g/mol. The Labute approximate surface area is 164 Å². The van der Waals surface area contributed by atoms with Crippen LogP contribution in [0.2, 0.25) is 0 Å². The minimum atomic E-state index is 0. The first-order chi connectivity index (χ1) is 10.9. The zero-order valence-electron chi connectivity index (χ0n) is 16.0. The van der Waals surface area contributed by atoms with Gasteiger partial charge in [-0.15, -0.1) is 24.0 Å². The van der Waals surface area contributed by atoms with Gasteiger partial charge in [0.1, 0.15) is 5.82 Å². The largest absolute Gasteiger partial charge is 0.362 e. The van der Waals surface area contributed by atoms with E-state index in [0.717, 1.165) is 36.2 Å². The van der Waals surface area contributed by atoms with Crippen LogP contribution in [-0.4, -0.2) is 37.6 Å². The smallest absolute Gasteiger partial charge is 0.191 e. The number of hydrogen-bond acceptors (Lipinski definition) is 3. The second kappa shape index (κ2) is 12.3. The molecule has 1 aromatic rings. The SMILES string of the molecule is CCNC(=NCc1cccnc1N(C)C)NC(C)CCC(C)C.I. The second-order valence-corrected chi connectivity index (χ2v) is 6.59. The summed E-state index contributed by atoms with van der Waals surface area (Å²) in [6.45, 7) is 10.3. The zero-order valence-corrected chi connectivity index (χ0v) is 18.3. The monoisotopic (exact) mass is 447 g/mol. The number of aliphatic imine (C=N–C) groups is 1. The lowest BCUT2D eigenvalue weighted by Crippen LogP contribution is -2.42. The van der Waals surface area contributed by atoms with E-state index < -0.39 is 0 Å². The Hall–Kier alpha value is -1.05. The van der Waals surface area contributed by atoms with Gasteiger partial charge in [-0.25, -0.2) is 9.98 Å². The van der Waals surface area contributed by atoms with Crippen molar-refractivity contribution in [1.82, 2.24) is 15.6 Å². The standard InChI is InChI=1S/C18H33N5.HI/c1-7-19-18(22-15(4)11-10-14(2)3)21-13-16-9-8-12-20-17(16)23(5)6;/h8-9,12,14-15H,7,10-11,13H2,1-6H3,(H2,19,21,22);1H. The highest BCUT2D eigenvalue weighted by Crippen LogP contribution is 2.15. The molecule has 0 saturated carbocycles. The molecule has 1 atom stereocenters. The van der Waals surface area contributed by atoms with E-state index in [-0.39, 0.29) is 24.0 Å². The second-order valence-electron chi connectivity index (χ2n) is 6.59. The molecule has 1 heterocycles. The van der Waals surface area contributed by atoms with Crippen molar-refractivity contribution in [3.8, 4) is 0 Å². The summed E-state index contributed by atoms with van der Waals surface area (Å²) < 4.78 is 0. The Bertz CT molecular complexity index is 488. The van der Waals surface area contributed by atoms with Crippen molar-refractivity contribution in [2.75, 3.05) is 25.5 Å². The molecule has 0 aliphatic carbocycles. The number of guanidine groups is 1. The minimum Gasteiger partial charge on any atom is -0.362 e. The van der Waals surface area contributed by atoms with E-state index in [9.17, 15) is 0 Å². The fourth-order valence-corrected chi connectivity index (χ4v) is 2.33. The van der Waals surface area contributed by atoms with Gasteiger partial charge in [0.25, 0.3) is 0 Å². The first kappa shape index (κ1) is 22.9. The molecular weight excluding hydrogens is 413 g/mol. The Morgan fingerprint density at radius 1 is 1.25 bits per heavy atom. The van der Waals surface area contributed by atoms with Gasteiger partial charge >= 0.3 is 0 Å². The third-order valence-electron chi connectivity index (χ3n) is 3.60. The van der Waals surface area contributed by atoms with Gasteiger partial charge in [-0.05, 0) is 38.7 Å². The van der Waals surface area contributed by atoms with Crippen LogP contribution >= 0.6 is 24.0 Å². The maximum atomic E-state index is 4.72.